The zero-order valence-electron chi connectivity index (χ0n) is 13.0. The van der Waals surface area contributed by atoms with E-state index >= 15 is 0 Å². The minimum absolute atomic E-state index is 0.122. The summed E-state index contributed by atoms with van der Waals surface area (Å²) in [7, 11) is 0. The van der Waals surface area contributed by atoms with Crippen molar-refractivity contribution < 1.29 is 9.53 Å². The molecular weight excluding hydrogens is 260 g/mol. The van der Waals surface area contributed by atoms with E-state index in [9.17, 15) is 4.79 Å². The van der Waals surface area contributed by atoms with Crippen LogP contribution in [0.2, 0.25) is 0 Å². The molecular formula is C19H24O2. The molecule has 1 saturated carbocycles. The van der Waals surface area contributed by atoms with Gasteiger partial charge in [-0.3, -0.25) is 4.79 Å². The number of fused-ring (bicyclic) bond motifs is 1. The zero-order valence-corrected chi connectivity index (χ0v) is 13.0. The summed E-state index contributed by atoms with van der Waals surface area (Å²) >= 11 is 0. The monoisotopic (exact) mass is 284 g/mol. The lowest BCUT2D eigenvalue weighted by molar-refractivity contribution is -0.142. The first kappa shape index (κ1) is 14.4. The number of esters is 1. The number of carbonyl (C=O) groups is 1. The van der Waals surface area contributed by atoms with Gasteiger partial charge < -0.3 is 4.74 Å². The third-order valence-electron chi connectivity index (χ3n) is 5.43. The first-order valence-corrected chi connectivity index (χ1v) is 7.96. The van der Waals surface area contributed by atoms with E-state index in [0.29, 0.717) is 24.4 Å². The minimum Gasteiger partial charge on any atom is -0.465 e. The molecule has 0 spiro atoms. The molecule has 0 saturated heterocycles. The Morgan fingerprint density at radius 1 is 1.29 bits per heavy atom. The molecule has 0 radical (unpaired) electrons. The van der Waals surface area contributed by atoms with E-state index < -0.39 is 0 Å². The first-order valence-electron chi connectivity index (χ1n) is 7.96. The number of hydrogen-bond acceptors (Lipinski definition) is 2. The van der Waals surface area contributed by atoms with Gasteiger partial charge in [-0.1, -0.05) is 55.8 Å². The maximum atomic E-state index is 11.8. The molecule has 2 heteroatoms. The van der Waals surface area contributed by atoms with Crippen LogP contribution < -0.4 is 0 Å². The van der Waals surface area contributed by atoms with Crippen molar-refractivity contribution in [1.82, 2.24) is 0 Å². The van der Waals surface area contributed by atoms with Gasteiger partial charge in [-0.05, 0) is 35.7 Å². The van der Waals surface area contributed by atoms with Crippen molar-refractivity contribution in [2.45, 2.75) is 39.5 Å². The fraction of sp³-hybridized carbons (Fsp3) is 0.526. The van der Waals surface area contributed by atoms with Crippen LogP contribution >= 0.6 is 0 Å². The van der Waals surface area contributed by atoms with Gasteiger partial charge in [0.1, 0.15) is 0 Å². The predicted molar refractivity (Wildman–Crippen MR) is 83.8 cm³/mol. The summed E-state index contributed by atoms with van der Waals surface area (Å²) in [6, 6.07) is 9.77. The second-order valence-electron chi connectivity index (χ2n) is 6.95. The molecule has 0 N–H and O–H groups in total. The molecule has 0 aromatic heterocycles. The number of allylic oxidation sites excluding steroid dienone is 1. The van der Waals surface area contributed by atoms with Crippen molar-refractivity contribution in [2.24, 2.45) is 17.3 Å². The number of benzene rings is 1. The quantitative estimate of drug-likeness (QED) is 0.599. The van der Waals surface area contributed by atoms with Crippen LogP contribution in [0.1, 0.15) is 38.7 Å². The van der Waals surface area contributed by atoms with Crippen molar-refractivity contribution in [1.29, 1.82) is 0 Å². The van der Waals surface area contributed by atoms with Gasteiger partial charge in [0.2, 0.25) is 0 Å². The predicted octanol–water partition coefficient (Wildman–Crippen LogP) is 4.15. The van der Waals surface area contributed by atoms with Gasteiger partial charge in [-0.2, -0.15) is 0 Å². The molecule has 1 aromatic carbocycles. The van der Waals surface area contributed by atoms with E-state index in [4.69, 9.17) is 4.74 Å². The van der Waals surface area contributed by atoms with Gasteiger partial charge in [-0.25, -0.2) is 0 Å². The van der Waals surface area contributed by atoms with E-state index in [2.05, 4.69) is 19.9 Å². The molecule has 0 aliphatic heterocycles. The molecule has 1 aromatic rings. The number of carbonyl (C=O) groups excluding carboxylic acids is 1. The second-order valence-corrected chi connectivity index (χ2v) is 6.95. The lowest BCUT2D eigenvalue weighted by atomic mass is 9.48. The van der Waals surface area contributed by atoms with E-state index in [1.807, 2.05) is 30.3 Å². The normalized spacial score (nSPS) is 25.7. The van der Waals surface area contributed by atoms with Crippen molar-refractivity contribution in [3.05, 3.63) is 47.5 Å². The average Bonchev–Trinajstić information content (AvgIpc) is 2.48. The van der Waals surface area contributed by atoms with E-state index in [1.54, 1.807) is 0 Å². The third-order valence-corrected chi connectivity index (χ3v) is 5.43. The zero-order chi connectivity index (χ0) is 14.9. The van der Waals surface area contributed by atoms with Crippen molar-refractivity contribution >= 4 is 5.97 Å². The highest BCUT2D eigenvalue weighted by Crippen LogP contribution is 2.59. The molecule has 4 rings (SSSR count). The molecule has 0 heterocycles. The fourth-order valence-electron chi connectivity index (χ4n) is 3.85. The molecule has 21 heavy (non-hydrogen) atoms. The molecule has 0 amide bonds. The van der Waals surface area contributed by atoms with Crippen LogP contribution in [-0.4, -0.2) is 12.6 Å². The topological polar surface area (TPSA) is 26.3 Å². The Hall–Kier alpha value is -1.57. The molecule has 1 fully saturated rings. The number of hydrogen-bond donors (Lipinski definition) is 0. The molecule has 3 aliphatic rings. The maximum Gasteiger partial charge on any atom is 0.310 e. The van der Waals surface area contributed by atoms with Crippen molar-refractivity contribution in [3.8, 4) is 0 Å². The van der Waals surface area contributed by atoms with Crippen LogP contribution in [-0.2, 0) is 16.0 Å². The molecule has 2 nitrogen and oxygen atoms in total. The SMILES string of the molecule is CC1(C)[C@H]2CC=C(CCOC(=O)Cc3ccccc3)[C@H]1C2. The van der Waals surface area contributed by atoms with Gasteiger partial charge in [0.15, 0.2) is 0 Å². The van der Waals surface area contributed by atoms with Crippen LogP contribution in [0.15, 0.2) is 42.0 Å². The van der Waals surface area contributed by atoms with Gasteiger partial charge in [0.05, 0.1) is 13.0 Å². The largest absolute Gasteiger partial charge is 0.465 e. The van der Waals surface area contributed by atoms with E-state index in [0.717, 1.165) is 17.9 Å². The Labute approximate surface area is 127 Å². The summed E-state index contributed by atoms with van der Waals surface area (Å²) in [5.74, 6) is 1.46. The van der Waals surface area contributed by atoms with Gasteiger partial charge in [0, 0.05) is 6.42 Å². The van der Waals surface area contributed by atoms with Crippen LogP contribution in [0, 0.1) is 17.3 Å². The lowest BCUT2D eigenvalue weighted by Crippen LogP contribution is -2.48. The van der Waals surface area contributed by atoms with Gasteiger partial charge >= 0.3 is 5.97 Å². The van der Waals surface area contributed by atoms with E-state index in [-0.39, 0.29) is 5.97 Å². The van der Waals surface area contributed by atoms with Crippen molar-refractivity contribution in [2.75, 3.05) is 6.61 Å². The summed E-state index contributed by atoms with van der Waals surface area (Å²) in [5, 5.41) is 0. The van der Waals surface area contributed by atoms with Gasteiger partial charge in [0.25, 0.3) is 0 Å². The van der Waals surface area contributed by atoms with Crippen LogP contribution in [0.4, 0.5) is 0 Å². The Morgan fingerprint density at radius 3 is 2.71 bits per heavy atom. The summed E-state index contributed by atoms with van der Waals surface area (Å²) in [4.78, 5) is 11.8. The Kier molecular flexibility index (Phi) is 3.88. The maximum absolute atomic E-state index is 11.8. The molecule has 112 valence electrons. The lowest BCUT2D eigenvalue weighted by Gasteiger charge is -2.56. The standard InChI is InChI=1S/C19H24O2/c1-19(2)16-9-8-15(17(19)13-16)10-11-21-18(20)12-14-6-4-3-5-7-14/h3-8,16-17H,9-13H2,1-2H3/t16-,17+/m0/s1. The fourth-order valence-corrected chi connectivity index (χ4v) is 3.85. The summed E-state index contributed by atoms with van der Waals surface area (Å²) in [6.45, 7) is 5.27. The van der Waals surface area contributed by atoms with Gasteiger partial charge in [-0.15, -0.1) is 0 Å². The summed E-state index contributed by atoms with van der Waals surface area (Å²) in [5.41, 5.74) is 2.98. The minimum atomic E-state index is -0.122. The molecule has 2 atom stereocenters. The summed E-state index contributed by atoms with van der Waals surface area (Å²) in [6.07, 6.45) is 6.20. The van der Waals surface area contributed by atoms with Crippen LogP contribution in [0.3, 0.4) is 0 Å². The first-order chi connectivity index (χ1) is 10.1. The summed E-state index contributed by atoms with van der Waals surface area (Å²) < 4.78 is 5.40. The highest BCUT2D eigenvalue weighted by molar-refractivity contribution is 5.72. The highest BCUT2D eigenvalue weighted by atomic mass is 16.5. The molecule has 0 unspecified atom stereocenters. The Morgan fingerprint density at radius 2 is 2.05 bits per heavy atom. The van der Waals surface area contributed by atoms with Crippen LogP contribution in [0.5, 0.6) is 0 Å². The Bertz CT molecular complexity index is 542. The number of ether oxygens (including phenoxy) is 1. The molecule has 3 aliphatic carbocycles. The van der Waals surface area contributed by atoms with E-state index in [1.165, 1.54) is 18.4 Å². The van der Waals surface area contributed by atoms with Crippen molar-refractivity contribution in [3.63, 3.8) is 0 Å². The Balaban J connectivity index is 1.44. The third kappa shape index (κ3) is 2.90. The van der Waals surface area contributed by atoms with Crippen LogP contribution in [0.25, 0.3) is 0 Å². The smallest absolute Gasteiger partial charge is 0.310 e. The second kappa shape index (κ2) is 5.67. The number of rotatable bonds is 5. The average molecular weight is 284 g/mol. The highest BCUT2D eigenvalue weighted by Gasteiger charge is 2.50. The molecule has 2 bridgehead atoms.